The number of hydroxylamine groups is 1. The van der Waals surface area contributed by atoms with E-state index in [1.54, 1.807) is 17.2 Å². The lowest BCUT2D eigenvalue weighted by atomic mass is 10.0. The molecule has 96 valence electrons. The second-order valence-corrected chi connectivity index (χ2v) is 3.57. The van der Waals surface area contributed by atoms with Crippen molar-refractivity contribution in [2.75, 3.05) is 20.2 Å². The number of amides is 1. The van der Waals surface area contributed by atoms with Gasteiger partial charge in [-0.3, -0.25) is 19.9 Å². The van der Waals surface area contributed by atoms with Crippen LogP contribution in [0.25, 0.3) is 0 Å². The van der Waals surface area contributed by atoms with E-state index in [-0.39, 0.29) is 5.91 Å². The van der Waals surface area contributed by atoms with Crippen molar-refractivity contribution in [1.82, 2.24) is 10.4 Å². The van der Waals surface area contributed by atoms with Gasteiger partial charge in [0.25, 0.3) is 0 Å². The van der Waals surface area contributed by atoms with E-state index in [9.17, 15) is 9.59 Å². The van der Waals surface area contributed by atoms with Crippen LogP contribution in [0, 0.1) is 5.92 Å². The summed E-state index contributed by atoms with van der Waals surface area (Å²) in [5.41, 5.74) is 2.50. The molecular weight excluding hydrogens is 224 g/mol. The number of carbonyl (C=O) groups is 2. The fourth-order valence-corrected chi connectivity index (χ4v) is 1.70. The monoisotopic (exact) mass is 242 g/mol. The molecule has 0 aromatic carbocycles. The molecule has 1 aliphatic rings. The number of hydrogen-bond donors (Lipinski definition) is 1. The summed E-state index contributed by atoms with van der Waals surface area (Å²) >= 11 is 0. The van der Waals surface area contributed by atoms with Gasteiger partial charge in [0.05, 0.1) is 7.11 Å². The molecule has 17 heavy (non-hydrogen) atoms. The Balaban J connectivity index is 2.85. The Morgan fingerprint density at radius 3 is 2.53 bits per heavy atom. The Kier molecular flexibility index (Phi) is 4.96. The molecule has 0 spiro atoms. The summed E-state index contributed by atoms with van der Waals surface area (Å²) in [5, 5.41) is 0. The zero-order valence-electron chi connectivity index (χ0n) is 10.3. The maximum absolute atomic E-state index is 12.2. The third-order valence-corrected chi connectivity index (χ3v) is 2.68. The summed E-state index contributed by atoms with van der Waals surface area (Å²) in [7, 11) is 1.26. The van der Waals surface area contributed by atoms with Gasteiger partial charge >= 0.3 is 5.97 Å². The van der Waals surface area contributed by atoms with Gasteiger partial charge in [0.2, 0.25) is 5.91 Å². The molecule has 2 atom stereocenters. The highest BCUT2D eigenvalue weighted by atomic mass is 16.7. The van der Waals surface area contributed by atoms with Crippen LogP contribution in [0.15, 0.2) is 12.3 Å². The molecular formula is C11H18N2O4. The average molecular weight is 242 g/mol. The molecule has 0 fully saturated rings. The van der Waals surface area contributed by atoms with Crippen LogP contribution in [0.5, 0.6) is 0 Å². The highest BCUT2D eigenvalue weighted by molar-refractivity contribution is 5.98. The molecule has 1 amide bonds. The van der Waals surface area contributed by atoms with Crippen molar-refractivity contribution in [2.24, 2.45) is 5.92 Å². The smallest absolute Gasteiger partial charge is 0.321 e. The van der Waals surface area contributed by atoms with Crippen LogP contribution in [0.3, 0.4) is 0 Å². The first kappa shape index (κ1) is 13.5. The van der Waals surface area contributed by atoms with Crippen LogP contribution in [0.2, 0.25) is 0 Å². The van der Waals surface area contributed by atoms with Crippen molar-refractivity contribution >= 4 is 11.9 Å². The zero-order valence-corrected chi connectivity index (χ0v) is 10.3. The quantitative estimate of drug-likeness (QED) is 0.545. The molecule has 1 heterocycles. The Morgan fingerprint density at radius 2 is 2.12 bits per heavy atom. The van der Waals surface area contributed by atoms with Gasteiger partial charge in [-0.15, -0.1) is 0 Å². The molecule has 0 saturated heterocycles. The minimum Gasteiger partial charge on any atom is -0.468 e. The molecule has 0 aromatic rings. The lowest BCUT2D eigenvalue weighted by molar-refractivity contribution is -0.159. The second-order valence-electron chi connectivity index (χ2n) is 3.57. The highest BCUT2D eigenvalue weighted by Crippen LogP contribution is 2.17. The molecule has 0 saturated carbocycles. The van der Waals surface area contributed by atoms with Gasteiger partial charge in [0.1, 0.15) is 6.10 Å². The minimum absolute atomic E-state index is 0.278. The maximum Gasteiger partial charge on any atom is 0.321 e. The number of rotatable bonds is 5. The Bertz CT molecular complexity index is 313. The zero-order chi connectivity index (χ0) is 12.8. The number of carbonyl (C=O) groups excluding carboxylic acids is 2. The van der Waals surface area contributed by atoms with E-state index in [0.717, 1.165) is 0 Å². The standard InChI is InChI=1S/C11H18N2O4/c1-4-13(5-2)10(14)9(11(15)16-3)8-6-7-12-17-8/h6-9,12H,4-5H2,1-3H3. The SMILES string of the molecule is CCN(CC)C(=O)C(C(=O)OC)C1C=CNO1. The van der Waals surface area contributed by atoms with Crippen molar-refractivity contribution in [3.05, 3.63) is 12.3 Å². The van der Waals surface area contributed by atoms with Gasteiger partial charge in [-0.2, -0.15) is 0 Å². The normalized spacial score (nSPS) is 19.6. The molecule has 1 aliphatic heterocycles. The van der Waals surface area contributed by atoms with Gasteiger partial charge in [0, 0.05) is 19.3 Å². The van der Waals surface area contributed by atoms with E-state index < -0.39 is 18.0 Å². The van der Waals surface area contributed by atoms with E-state index in [0.29, 0.717) is 13.1 Å². The molecule has 0 radical (unpaired) electrons. The predicted molar refractivity (Wildman–Crippen MR) is 60.6 cm³/mol. The third-order valence-electron chi connectivity index (χ3n) is 2.68. The Labute approximate surface area is 101 Å². The molecule has 6 heteroatoms. The number of nitrogens with one attached hydrogen (secondary N) is 1. The molecule has 1 rings (SSSR count). The maximum atomic E-state index is 12.2. The van der Waals surface area contributed by atoms with Crippen molar-refractivity contribution in [3.8, 4) is 0 Å². The first-order valence-electron chi connectivity index (χ1n) is 5.60. The lowest BCUT2D eigenvalue weighted by Crippen LogP contribution is -2.45. The largest absolute Gasteiger partial charge is 0.468 e. The molecule has 1 N–H and O–H groups in total. The van der Waals surface area contributed by atoms with Gasteiger partial charge in [-0.1, -0.05) is 0 Å². The van der Waals surface area contributed by atoms with Crippen molar-refractivity contribution in [1.29, 1.82) is 0 Å². The first-order valence-corrected chi connectivity index (χ1v) is 5.60. The molecule has 2 unspecified atom stereocenters. The number of esters is 1. The fraction of sp³-hybridized carbons (Fsp3) is 0.636. The molecule has 0 aromatic heterocycles. The topological polar surface area (TPSA) is 67.9 Å². The highest BCUT2D eigenvalue weighted by Gasteiger charge is 2.39. The van der Waals surface area contributed by atoms with Gasteiger partial charge in [-0.25, -0.2) is 0 Å². The summed E-state index contributed by atoms with van der Waals surface area (Å²) in [6.45, 7) is 4.82. The minimum atomic E-state index is -0.953. The van der Waals surface area contributed by atoms with Crippen LogP contribution in [0.4, 0.5) is 0 Å². The Hall–Kier alpha value is -1.56. The summed E-state index contributed by atoms with van der Waals surface area (Å²) in [5.74, 6) is -1.81. The molecule has 0 aliphatic carbocycles. The van der Waals surface area contributed by atoms with Gasteiger partial charge < -0.3 is 9.64 Å². The third kappa shape index (κ3) is 2.97. The predicted octanol–water partition coefficient (Wildman–Crippen LogP) is 0.0611. The average Bonchev–Trinajstić information content (AvgIpc) is 2.84. The summed E-state index contributed by atoms with van der Waals surface area (Å²) < 4.78 is 4.66. The van der Waals surface area contributed by atoms with E-state index >= 15 is 0 Å². The van der Waals surface area contributed by atoms with E-state index in [1.807, 2.05) is 13.8 Å². The fourth-order valence-electron chi connectivity index (χ4n) is 1.70. The van der Waals surface area contributed by atoms with E-state index in [2.05, 4.69) is 10.2 Å². The first-order chi connectivity index (χ1) is 8.15. The molecule has 0 bridgehead atoms. The van der Waals surface area contributed by atoms with Crippen LogP contribution >= 0.6 is 0 Å². The van der Waals surface area contributed by atoms with Gasteiger partial charge in [-0.05, 0) is 19.9 Å². The summed E-state index contributed by atoms with van der Waals surface area (Å²) in [6.07, 6.45) is 2.56. The lowest BCUT2D eigenvalue weighted by Gasteiger charge is -2.25. The van der Waals surface area contributed by atoms with Crippen LogP contribution in [0.1, 0.15) is 13.8 Å². The number of nitrogens with zero attached hydrogens (tertiary/aromatic N) is 1. The number of hydrogen-bond acceptors (Lipinski definition) is 5. The summed E-state index contributed by atoms with van der Waals surface area (Å²) in [6, 6.07) is 0. The number of methoxy groups -OCH3 is 1. The summed E-state index contributed by atoms with van der Waals surface area (Å²) in [4.78, 5) is 30.5. The Morgan fingerprint density at radius 1 is 1.47 bits per heavy atom. The van der Waals surface area contributed by atoms with Crippen molar-refractivity contribution < 1.29 is 19.2 Å². The van der Waals surface area contributed by atoms with Gasteiger partial charge in [0.15, 0.2) is 5.92 Å². The molecule has 6 nitrogen and oxygen atoms in total. The van der Waals surface area contributed by atoms with Crippen LogP contribution in [-0.4, -0.2) is 43.1 Å². The second kappa shape index (κ2) is 6.24. The van der Waals surface area contributed by atoms with E-state index in [4.69, 9.17) is 4.84 Å². The number of ether oxygens (including phenoxy) is 1. The van der Waals surface area contributed by atoms with E-state index in [1.165, 1.54) is 7.11 Å². The van der Waals surface area contributed by atoms with Crippen LogP contribution in [-0.2, 0) is 19.2 Å². The van der Waals surface area contributed by atoms with Crippen LogP contribution < -0.4 is 5.48 Å². The van der Waals surface area contributed by atoms with Crippen molar-refractivity contribution in [3.63, 3.8) is 0 Å². The van der Waals surface area contributed by atoms with Crippen molar-refractivity contribution in [2.45, 2.75) is 20.0 Å².